The Morgan fingerprint density at radius 3 is 2.70 bits per heavy atom. The van der Waals surface area contributed by atoms with E-state index in [-0.39, 0.29) is 6.03 Å². The molecule has 1 aromatic heterocycles. The summed E-state index contributed by atoms with van der Waals surface area (Å²) in [7, 11) is 0. The Morgan fingerprint density at radius 1 is 1.15 bits per heavy atom. The number of para-hydroxylation sites is 1. The van der Waals surface area contributed by atoms with Gasteiger partial charge in [0.1, 0.15) is 5.75 Å². The van der Waals surface area contributed by atoms with E-state index in [1.807, 2.05) is 35.2 Å². The van der Waals surface area contributed by atoms with Gasteiger partial charge in [0.15, 0.2) is 0 Å². The Balaban J connectivity index is 1.31. The van der Waals surface area contributed by atoms with Crippen LogP contribution in [0.5, 0.6) is 11.6 Å². The molecule has 2 saturated heterocycles. The summed E-state index contributed by atoms with van der Waals surface area (Å²) >= 11 is 0. The predicted molar refractivity (Wildman–Crippen MR) is 103 cm³/mol. The number of hydrogen-bond acceptors (Lipinski definition) is 4. The molecule has 2 aliphatic rings. The number of carbonyl (C=O) groups excluding carboxylic acids is 1. The minimum Gasteiger partial charge on any atom is -0.439 e. The van der Waals surface area contributed by atoms with Crippen molar-refractivity contribution in [3.8, 4) is 11.6 Å². The van der Waals surface area contributed by atoms with Crippen LogP contribution in [0.3, 0.4) is 0 Å². The summed E-state index contributed by atoms with van der Waals surface area (Å²) in [6.45, 7) is 2.43. The van der Waals surface area contributed by atoms with Gasteiger partial charge in [0.05, 0.1) is 6.10 Å². The second kappa shape index (κ2) is 8.39. The molecule has 2 aromatic rings. The quantitative estimate of drug-likeness (QED) is 0.875. The molecule has 1 unspecified atom stereocenters. The Bertz CT molecular complexity index is 754. The van der Waals surface area contributed by atoms with Crippen LogP contribution in [0, 0.1) is 5.92 Å². The summed E-state index contributed by atoms with van der Waals surface area (Å²) < 4.78 is 11.5. The molecule has 0 aliphatic carbocycles. The lowest BCUT2D eigenvalue weighted by atomic mass is 9.90. The van der Waals surface area contributed by atoms with Gasteiger partial charge in [-0.2, -0.15) is 0 Å². The molecule has 4 rings (SSSR count). The van der Waals surface area contributed by atoms with Crippen molar-refractivity contribution in [2.45, 2.75) is 31.8 Å². The highest BCUT2D eigenvalue weighted by Crippen LogP contribution is 2.29. The van der Waals surface area contributed by atoms with Crippen LogP contribution in [-0.2, 0) is 4.74 Å². The number of benzene rings is 1. The van der Waals surface area contributed by atoms with Gasteiger partial charge in [0.25, 0.3) is 0 Å². The fourth-order valence-corrected chi connectivity index (χ4v) is 3.80. The Morgan fingerprint density at radius 2 is 1.96 bits per heavy atom. The lowest BCUT2D eigenvalue weighted by Gasteiger charge is -2.34. The number of pyridine rings is 1. The SMILES string of the molecule is O=C(Nc1ccnc(Oc2ccccc2)c1)N1CCC(C2CCCO2)CC1. The van der Waals surface area contributed by atoms with E-state index in [1.54, 1.807) is 18.3 Å². The number of likely N-dealkylation sites (tertiary alicyclic amines) is 1. The minimum atomic E-state index is -0.0716. The molecule has 27 heavy (non-hydrogen) atoms. The molecule has 0 bridgehead atoms. The molecule has 1 atom stereocenters. The summed E-state index contributed by atoms with van der Waals surface area (Å²) in [5.74, 6) is 1.75. The standard InChI is InChI=1S/C21H25N3O3/c25-21(24-12-9-16(10-13-24)19-7-4-14-26-19)23-17-8-11-22-20(15-17)27-18-5-2-1-3-6-18/h1-3,5-6,8,11,15-16,19H,4,7,9-10,12-14H2,(H,22,23,25). The van der Waals surface area contributed by atoms with Crippen LogP contribution in [0.25, 0.3) is 0 Å². The van der Waals surface area contributed by atoms with Gasteiger partial charge < -0.3 is 19.7 Å². The second-order valence-corrected chi connectivity index (χ2v) is 7.10. The highest BCUT2D eigenvalue weighted by molar-refractivity contribution is 5.89. The van der Waals surface area contributed by atoms with Crippen molar-refractivity contribution in [1.29, 1.82) is 0 Å². The third-order valence-electron chi connectivity index (χ3n) is 5.27. The zero-order chi connectivity index (χ0) is 18.5. The molecular weight excluding hydrogens is 342 g/mol. The van der Waals surface area contributed by atoms with Crippen LogP contribution in [0.15, 0.2) is 48.7 Å². The number of aromatic nitrogens is 1. The largest absolute Gasteiger partial charge is 0.439 e. The second-order valence-electron chi connectivity index (χ2n) is 7.10. The van der Waals surface area contributed by atoms with Crippen LogP contribution in [0.1, 0.15) is 25.7 Å². The number of piperidine rings is 1. The van der Waals surface area contributed by atoms with Crippen molar-refractivity contribution in [2.24, 2.45) is 5.92 Å². The highest BCUT2D eigenvalue weighted by Gasteiger charge is 2.30. The number of nitrogens with zero attached hydrogens (tertiary/aromatic N) is 2. The van der Waals surface area contributed by atoms with E-state index in [0.29, 0.717) is 29.3 Å². The van der Waals surface area contributed by atoms with Crippen molar-refractivity contribution >= 4 is 11.7 Å². The summed E-state index contributed by atoms with van der Waals surface area (Å²) in [5.41, 5.74) is 0.683. The maximum absolute atomic E-state index is 12.6. The van der Waals surface area contributed by atoms with Crippen LogP contribution < -0.4 is 10.1 Å². The van der Waals surface area contributed by atoms with Crippen molar-refractivity contribution in [3.63, 3.8) is 0 Å². The van der Waals surface area contributed by atoms with E-state index in [9.17, 15) is 4.79 Å². The number of anilines is 1. The molecular formula is C21H25N3O3. The summed E-state index contributed by atoms with van der Waals surface area (Å²) in [5, 5.41) is 2.96. The number of nitrogens with one attached hydrogen (secondary N) is 1. The van der Waals surface area contributed by atoms with E-state index in [4.69, 9.17) is 9.47 Å². The molecule has 1 N–H and O–H groups in total. The molecule has 2 amide bonds. The van der Waals surface area contributed by atoms with Gasteiger partial charge in [0.2, 0.25) is 5.88 Å². The first-order valence-corrected chi connectivity index (χ1v) is 9.64. The van der Waals surface area contributed by atoms with Gasteiger partial charge >= 0.3 is 6.03 Å². The van der Waals surface area contributed by atoms with E-state index in [1.165, 1.54) is 6.42 Å². The average molecular weight is 367 g/mol. The van der Waals surface area contributed by atoms with Gasteiger partial charge in [0, 0.05) is 37.6 Å². The number of amides is 2. The lowest BCUT2D eigenvalue weighted by molar-refractivity contribution is 0.0382. The maximum atomic E-state index is 12.6. The molecule has 2 aliphatic heterocycles. The summed E-state index contributed by atoms with van der Waals surface area (Å²) in [6, 6.07) is 12.9. The first-order valence-electron chi connectivity index (χ1n) is 9.64. The molecule has 2 fully saturated rings. The number of urea groups is 1. The third-order valence-corrected chi connectivity index (χ3v) is 5.27. The van der Waals surface area contributed by atoms with Gasteiger partial charge in [-0.3, -0.25) is 0 Å². The summed E-state index contributed by atoms with van der Waals surface area (Å²) in [6.07, 6.45) is 6.39. The van der Waals surface area contributed by atoms with E-state index < -0.39 is 0 Å². The topological polar surface area (TPSA) is 63.7 Å². The number of hydrogen-bond donors (Lipinski definition) is 1. The van der Waals surface area contributed by atoms with Crippen molar-refractivity contribution in [2.75, 3.05) is 25.0 Å². The molecule has 6 nitrogen and oxygen atoms in total. The molecule has 0 saturated carbocycles. The summed E-state index contributed by atoms with van der Waals surface area (Å²) in [4.78, 5) is 18.7. The fraction of sp³-hybridized carbons (Fsp3) is 0.429. The Kier molecular flexibility index (Phi) is 5.53. The van der Waals surface area contributed by atoms with Gasteiger partial charge in [-0.1, -0.05) is 18.2 Å². The number of carbonyl (C=O) groups is 1. The normalized spacial score (nSPS) is 20.4. The first kappa shape index (κ1) is 17.8. The molecule has 1 aromatic carbocycles. The van der Waals surface area contributed by atoms with E-state index >= 15 is 0 Å². The lowest BCUT2D eigenvalue weighted by Crippen LogP contribution is -2.43. The van der Waals surface area contributed by atoms with Gasteiger partial charge in [-0.05, 0) is 49.8 Å². The average Bonchev–Trinajstić information content (AvgIpc) is 3.24. The molecule has 142 valence electrons. The molecule has 3 heterocycles. The van der Waals surface area contributed by atoms with Crippen LogP contribution in [0.4, 0.5) is 10.5 Å². The smallest absolute Gasteiger partial charge is 0.321 e. The van der Waals surface area contributed by atoms with Gasteiger partial charge in [-0.25, -0.2) is 9.78 Å². The van der Waals surface area contributed by atoms with Crippen molar-refractivity contribution < 1.29 is 14.3 Å². The number of rotatable bonds is 4. The van der Waals surface area contributed by atoms with Crippen molar-refractivity contribution in [3.05, 3.63) is 48.7 Å². The predicted octanol–water partition coefficient (Wildman–Crippen LogP) is 4.30. The minimum absolute atomic E-state index is 0.0716. The zero-order valence-electron chi connectivity index (χ0n) is 15.3. The number of ether oxygens (including phenoxy) is 2. The fourth-order valence-electron chi connectivity index (χ4n) is 3.80. The monoisotopic (exact) mass is 367 g/mol. The molecule has 6 heteroatoms. The zero-order valence-corrected chi connectivity index (χ0v) is 15.3. The third kappa shape index (κ3) is 4.57. The van der Waals surface area contributed by atoms with Crippen LogP contribution in [0.2, 0.25) is 0 Å². The highest BCUT2D eigenvalue weighted by atomic mass is 16.5. The van der Waals surface area contributed by atoms with Crippen LogP contribution in [-0.4, -0.2) is 41.7 Å². The van der Waals surface area contributed by atoms with E-state index in [0.717, 1.165) is 39.0 Å². The Labute approximate surface area is 159 Å². The Hall–Kier alpha value is -2.60. The van der Waals surface area contributed by atoms with Gasteiger partial charge in [-0.15, -0.1) is 0 Å². The van der Waals surface area contributed by atoms with E-state index in [2.05, 4.69) is 10.3 Å². The van der Waals surface area contributed by atoms with Crippen LogP contribution >= 0.6 is 0 Å². The molecule has 0 spiro atoms. The molecule has 0 radical (unpaired) electrons. The first-order chi connectivity index (χ1) is 13.3. The maximum Gasteiger partial charge on any atom is 0.321 e. The van der Waals surface area contributed by atoms with Crippen molar-refractivity contribution in [1.82, 2.24) is 9.88 Å².